The second-order valence-electron chi connectivity index (χ2n) is 6.60. The van der Waals surface area contributed by atoms with Crippen molar-refractivity contribution in [2.75, 3.05) is 11.1 Å². The van der Waals surface area contributed by atoms with Gasteiger partial charge in [-0.15, -0.1) is 5.10 Å². The maximum absolute atomic E-state index is 12.6. The van der Waals surface area contributed by atoms with Gasteiger partial charge in [0.05, 0.1) is 17.0 Å². The van der Waals surface area contributed by atoms with Crippen molar-refractivity contribution in [3.05, 3.63) is 48.3 Å². The number of hydrogen-bond acceptors (Lipinski definition) is 6. The molecular weight excluding hydrogens is 376 g/mol. The van der Waals surface area contributed by atoms with Crippen LogP contribution in [0.15, 0.2) is 47.9 Å². The maximum atomic E-state index is 12.6. The molecule has 0 aliphatic heterocycles. The molecule has 1 aliphatic rings. The molecule has 0 saturated heterocycles. The van der Waals surface area contributed by atoms with Crippen LogP contribution in [0.3, 0.4) is 0 Å². The van der Waals surface area contributed by atoms with Crippen LogP contribution in [0.2, 0.25) is 0 Å². The van der Waals surface area contributed by atoms with Crippen molar-refractivity contribution < 1.29 is 9.59 Å². The van der Waals surface area contributed by atoms with Gasteiger partial charge in [-0.3, -0.25) is 9.59 Å². The fourth-order valence-corrected chi connectivity index (χ4v) is 3.84. The Balaban J connectivity index is 1.37. The number of hydrogen-bond donors (Lipinski definition) is 2. The third-order valence-electron chi connectivity index (χ3n) is 4.57. The Kier molecular flexibility index (Phi) is 5.52. The van der Waals surface area contributed by atoms with Gasteiger partial charge < -0.3 is 10.6 Å². The van der Waals surface area contributed by atoms with E-state index in [1.54, 1.807) is 47.2 Å². The lowest BCUT2D eigenvalue weighted by molar-refractivity contribution is -0.113. The van der Waals surface area contributed by atoms with E-state index in [2.05, 4.69) is 25.7 Å². The molecule has 8 nitrogen and oxygen atoms in total. The number of rotatable bonds is 6. The Morgan fingerprint density at radius 1 is 1.18 bits per heavy atom. The van der Waals surface area contributed by atoms with E-state index in [0.717, 1.165) is 25.7 Å². The molecule has 2 N–H and O–H groups in total. The summed E-state index contributed by atoms with van der Waals surface area (Å²) in [6.07, 6.45) is 7.70. The van der Waals surface area contributed by atoms with Gasteiger partial charge >= 0.3 is 0 Å². The largest absolute Gasteiger partial charge is 0.349 e. The van der Waals surface area contributed by atoms with Crippen molar-refractivity contribution in [1.29, 1.82) is 0 Å². The number of para-hydroxylation sites is 1. The maximum Gasteiger partial charge on any atom is 0.253 e. The first-order valence-corrected chi connectivity index (χ1v) is 10.2. The molecule has 0 atom stereocenters. The zero-order valence-corrected chi connectivity index (χ0v) is 16.0. The van der Waals surface area contributed by atoms with E-state index in [4.69, 9.17) is 0 Å². The monoisotopic (exact) mass is 396 g/mol. The predicted molar refractivity (Wildman–Crippen MR) is 106 cm³/mol. The number of benzene rings is 1. The molecule has 1 fully saturated rings. The third kappa shape index (κ3) is 4.30. The molecule has 9 heteroatoms. The predicted octanol–water partition coefficient (Wildman–Crippen LogP) is 2.53. The lowest BCUT2D eigenvalue weighted by Gasteiger charge is -2.14. The molecule has 0 unspecified atom stereocenters. The molecule has 1 saturated carbocycles. The minimum atomic E-state index is -0.224. The zero-order chi connectivity index (χ0) is 19.3. The molecule has 1 aromatic carbocycles. The second-order valence-corrected chi connectivity index (χ2v) is 7.54. The molecule has 0 bridgehead atoms. The number of carbonyl (C=O) groups is 2. The van der Waals surface area contributed by atoms with Crippen molar-refractivity contribution in [2.45, 2.75) is 36.9 Å². The van der Waals surface area contributed by atoms with Gasteiger partial charge in [0.1, 0.15) is 0 Å². The Hall–Kier alpha value is -2.94. The van der Waals surface area contributed by atoms with Gasteiger partial charge in [-0.05, 0) is 31.0 Å². The summed E-state index contributed by atoms with van der Waals surface area (Å²) >= 11 is 1.22. The number of nitrogens with one attached hydrogen (secondary N) is 2. The smallest absolute Gasteiger partial charge is 0.253 e. The van der Waals surface area contributed by atoms with Gasteiger partial charge in [0, 0.05) is 18.4 Å². The van der Waals surface area contributed by atoms with Crippen LogP contribution >= 0.6 is 11.8 Å². The standard InChI is InChI=1S/C19H20N6O2S/c26-16(12-28-19-23-18-20-10-5-11-25(18)24-19)22-15-9-4-3-8-14(15)17(27)21-13-6-1-2-7-13/h3-5,8-11,13H,1-2,6-7,12H2,(H,21,27)(H,22,26). The van der Waals surface area contributed by atoms with Crippen LogP contribution in [0.4, 0.5) is 5.69 Å². The molecule has 2 aromatic heterocycles. The summed E-state index contributed by atoms with van der Waals surface area (Å²) in [5.74, 6) is 0.246. The number of anilines is 1. The SMILES string of the molecule is O=C(CSc1nc2ncccn2n1)Nc1ccccc1C(=O)NC1CCCC1. The highest BCUT2D eigenvalue weighted by Gasteiger charge is 2.20. The van der Waals surface area contributed by atoms with Gasteiger partial charge in [0.15, 0.2) is 0 Å². The highest BCUT2D eigenvalue weighted by atomic mass is 32.2. The summed E-state index contributed by atoms with van der Waals surface area (Å²) in [4.78, 5) is 33.3. The minimum Gasteiger partial charge on any atom is -0.349 e. The van der Waals surface area contributed by atoms with E-state index in [1.807, 2.05) is 0 Å². The first kappa shape index (κ1) is 18.4. The summed E-state index contributed by atoms with van der Waals surface area (Å²) in [5.41, 5.74) is 0.982. The van der Waals surface area contributed by atoms with Crippen LogP contribution in [0.25, 0.3) is 5.78 Å². The van der Waals surface area contributed by atoms with Crippen molar-refractivity contribution >= 4 is 35.0 Å². The number of amides is 2. The Morgan fingerprint density at radius 3 is 2.82 bits per heavy atom. The first-order valence-electron chi connectivity index (χ1n) is 9.19. The van der Waals surface area contributed by atoms with Gasteiger partial charge in [0.2, 0.25) is 11.1 Å². The van der Waals surface area contributed by atoms with Crippen molar-refractivity contribution in [1.82, 2.24) is 24.9 Å². The summed E-state index contributed by atoms with van der Waals surface area (Å²) in [5, 5.41) is 10.6. The van der Waals surface area contributed by atoms with E-state index in [9.17, 15) is 9.59 Å². The van der Waals surface area contributed by atoms with Crippen molar-refractivity contribution in [3.63, 3.8) is 0 Å². The summed E-state index contributed by atoms with van der Waals surface area (Å²) in [6.45, 7) is 0. The molecular formula is C19H20N6O2S. The highest BCUT2D eigenvalue weighted by molar-refractivity contribution is 7.99. The lowest BCUT2D eigenvalue weighted by Crippen LogP contribution is -2.33. The summed E-state index contributed by atoms with van der Waals surface area (Å²) < 4.78 is 1.56. The Morgan fingerprint density at radius 2 is 2.00 bits per heavy atom. The van der Waals surface area contributed by atoms with Gasteiger partial charge in [-0.25, -0.2) is 9.50 Å². The fraction of sp³-hybridized carbons (Fsp3) is 0.316. The number of carbonyl (C=O) groups excluding carboxylic acids is 2. The average molecular weight is 396 g/mol. The summed E-state index contributed by atoms with van der Waals surface area (Å²) in [6, 6.07) is 9.03. The molecule has 0 radical (unpaired) electrons. The van der Waals surface area contributed by atoms with E-state index >= 15 is 0 Å². The molecule has 2 heterocycles. The average Bonchev–Trinajstić information content (AvgIpc) is 3.36. The van der Waals surface area contributed by atoms with Crippen LogP contribution < -0.4 is 10.6 Å². The van der Waals surface area contributed by atoms with Crippen LogP contribution in [-0.4, -0.2) is 43.2 Å². The number of fused-ring (bicyclic) bond motifs is 1. The zero-order valence-electron chi connectivity index (χ0n) is 15.2. The van der Waals surface area contributed by atoms with Crippen molar-refractivity contribution in [3.8, 4) is 0 Å². The molecule has 0 spiro atoms. The topological polar surface area (TPSA) is 101 Å². The van der Waals surface area contributed by atoms with Crippen molar-refractivity contribution in [2.24, 2.45) is 0 Å². The molecule has 1 aliphatic carbocycles. The van der Waals surface area contributed by atoms with Gasteiger partial charge in [-0.1, -0.05) is 36.7 Å². The fourth-order valence-electron chi connectivity index (χ4n) is 3.21. The lowest BCUT2D eigenvalue weighted by atomic mass is 10.1. The van der Waals surface area contributed by atoms with E-state index in [0.29, 0.717) is 22.2 Å². The minimum absolute atomic E-state index is 0.134. The molecule has 144 valence electrons. The quantitative estimate of drug-likeness (QED) is 0.621. The highest BCUT2D eigenvalue weighted by Crippen LogP contribution is 2.21. The van der Waals surface area contributed by atoms with Gasteiger partial charge in [-0.2, -0.15) is 4.98 Å². The second kappa shape index (κ2) is 8.39. The van der Waals surface area contributed by atoms with E-state index < -0.39 is 0 Å². The van der Waals surface area contributed by atoms with E-state index in [-0.39, 0.29) is 23.6 Å². The molecule has 2 amide bonds. The number of nitrogens with zero attached hydrogens (tertiary/aromatic N) is 4. The van der Waals surface area contributed by atoms with E-state index in [1.165, 1.54) is 11.8 Å². The first-order chi connectivity index (χ1) is 13.7. The number of aromatic nitrogens is 4. The third-order valence-corrected chi connectivity index (χ3v) is 5.40. The van der Waals surface area contributed by atoms with Crippen LogP contribution in [0.1, 0.15) is 36.0 Å². The van der Waals surface area contributed by atoms with Crippen LogP contribution in [0, 0.1) is 0 Å². The summed E-state index contributed by atoms with van der Waals surface area (Å²) in [7, 11) is 0. The van der Waals surface area contributed by atoms with Crippen LogP contribution in [-0.2, 0) is 4.79 Å². The normalized spacial score (nSPS) is 14.3. The van der Waals surface area contributed by atoms with Gasteiger partial charge in [0.25, 0.3) is 11.7 Å². The van der Waals surface area contributed by atoms with Crippen LogP contribution in [0.5, 0.6) is 0 Å². The Labute approximate surface area is 166 Å². The molecule has 3 aromatic rings. The number of thioether (sulfide) groups is 1. The Bertz CT molecular complexity index is 966. The molecule has 4 rings (SSSR count). The molecule has 28 heavy (non-hydrogen) atoms.